The summed E-state index contributed by atoms with van der Waals surface area (Å²) in [6.45, 7) is -1.49. The molecule has 17 heavy (non-hydrogen) atoms. The van der Waals surface area contributed by atoms with Gasteiger partial charge in [-0.2, -0.15) is 13.2 Å². The fraction of sp³-hybridized carbons (Fsp3) is 0.400. The molecule has 0 bridgehead atoms. The lowest BCUT2D eigenvalue weighted by Crippen LogP contribution is -2.21. The highest BCUT2D eigenvalue weighted by Crippen LogP contribution is 2.31. The molecule has 0 fully saturated rings. The van der Waals surface area contributed by atoms with E-state index in [0.29, 0.717) is 5.56 Å². The van der Waals surface area contributed by atoms with Crippen LogP contribution in [0.5, 0.6) is 5.75 Å². The fourth-order valence-electron chi connectivity index (χ4n) is 1.24. The Labute approximate surface area is 101 Å². The first-order valence-corrected chi connectivity index (χ1v) is 5.03. The molecule has 0 saturated carbocycles. The number of hydrogen-bond donors (Lipinski definition) is 2. The van der Waals surface area contributed by atoms with E-state index in [1.165, 1.54) is 19.2 Å². The van der Waals surface area contributed by atoms with Crippen molar-refractivity contribution in [2.45, 2.75) is 12.8 Å². The zero-order chi connectivity index (χ0) is 13.1. The number of benzene rings is 1. The van der Waals surface area contributed by atoms with Crippen molar-refractivity contribution in [1.82, 2.24) is 0 Å². The maximum absolute atomic E-state index is 12.0. The normalized spacial score (nSPS) is 11.4. The van der Waals surface area contributed by atoms with Crippen molar-refractivity contribution < 1.29 is 23.0 Å². The minimum atomic E-state index is -4.33. The first-order valence-electron chi connectivity index (χ1n) is 4.65. The van der Waals surface area contributed by atoms with Gasteiger partial charge in [0.25, 0.3) is 0 Å². The summed E-state index contributed by atoms with van der Waals surface area (Å²) in [5.74, 6) is 0.279. The lowest BCUT2D eigenvalue weighted by atomic mass is 10.2. The second-order valence-electron chi connectivity index (χ2n) is 3.27. The third-order valence-corrected chi connectivity index (χ3v) is 2.33. The molecule has 0 heterocycles. The third kappa shape index (κ3) is 3.98. The summed E-state index contributed by atoms with van der Waals surface area (Å²) in [5.41, 5.74) is 0.521. The summed E-state index contributed by atoms with van der Waals surface area (Å²) < 4.78 is 41.0. The van der Waals surface area contributed by atoms with Crippen LogP contribution in [0.3, 0.4) is 0 Å². The number of rotatable bonds is 4. The molecule has 0 amide bonds. The van der Waals surface area contributed by atoms with Gasteiger partial charge in [0.15, 0.2) is 0 Å². The van der Waals surface area contributed by atoms with Crippen LogP contribution >= 0.6 is 11.6 Å². The monoisotopic (exact) mass is 269 g/mol. The van der Waals surface area contributed by atoms with E-state index in [2.05, 4.69) is 5.32 Å². The number of halogens is 4. The number of alkyl halides is 3. The summed E-state index contributed by atoms with van der Waals surface area (Å²) in [6, 6.07) is 2.68. The highest BCUT2D eigenvalue weighted by molar-refractivity contribution is 6.33. The summed E-state index contributed by atoms with van der Waals surface area (Å²) in [6.07, 6.45) is -4.33. The second-order valence-corrected chi connectivity index (χ2v) is 3.68. The Morgan fingerprint density at radius 1 is 1.41 bits per heavy atom. The molecule has 0 atom stereocenters. The number of aliphatic hydroxyl groups is 1. The number of methoxy groups -OCH3 is 1. The summed E-state index contributed by atoms with van der Waals surface area (Å²) >= 11 is 5.77. The lowest BCUT2D eigenvalue weighted by Gasteiger charge is -2.14. The SMILES string of the molecule is COc1cc(NCC(F)(F)F)c(Cl)cc1CO. The van der Waals surface area contributed by atoms with Crippen LogP contribution in [0.2, 0.25) is 5.02 Å². The standard InChI is InChI=1S/C10H11ClF3NO2/c1-17-9-3-8(15-5-10(12,13)14)7(11)2-6(9)4-16/h2-3,15-16H,4-5H2,1H3. The molecule has 0 aliphatic heterocycles. The number of anilines is 1. The van der Waals surface area contributed by atoms with Crippen molar-refractivity contribution in [2.24, 2.45) is 0 Å². The van der Waals surface area contributed by atoms with Gasteiger partial charge in [0, 0.05) is 11.6 Å². The van der Waals surface area contributed by atoms with Gasteiger partial charge in [-0.1, -0.05) is 11.6 Å². The largest absolute Gasteiger partial charge is 0.496 e. The predicted molar refractivity (Wildman–Crippen MR) is 58.5 cm³/mol. The molecule has 0 spiro atoms. The van der Waals surface area contributed by atoms with Crippen molar-refractivity contribution in [2.75, 3.05) is 19.0 Å². The van der Waals surface area contributed by atoms with Crippen molar-refractivity contribution in [3.8, 4) is 5.75 Å². The Morgan fingerprint density at radius 3 is 2.53 bits per heavy atom. The Kier molecular flexibility index (Phi) is 4.47. The van der Waals surface area contributed by atoms with E-state index >= 15 is 0 Å². The van der Waals surface area contributed by atoms with Crippen LogP contribution in [0.1, 0.15) is 5.56 Å². The average Bonchev–Trinajstić information content (AvgIpc) is 2.25. The smallest absolute Gasteiger partial charge is 0.405 e. The molecule has 2 N–H and O–H groups in total. The van der Waals surface area contributed by atoms with Crippen LogP contribution in [0.4, 0.5) is 18.9 Å². The van der Waals surface area contributed by atoms with Crippen LogP contribution in [0.25, 0.3) is 0 Å². The number of nitrogens with one attached hydrogen (secondary N) is 1. The first kappa shape index (κ1) is 13.9. The Morgan fingerprint density at radius 2 is 2.06 bits per heavy atom. The molecule has 1 aromatic rings. The predicted octanol–water partition coefficient (Wildman–Crippen LogP) is 2.82. The van der Waals surface area contributed by atoms with Gasteiger partial charge in [-0.3, -0.25) is 0 Å². The highest BCUT2D eigenvalue weighted by atomic mass is 35.5. The molecule has 3 nitrogen and oxygen atoms in total. The molecule has 0 aliphatic rings. The van der Waals surface area contributed by atoms with E-state index in [1.807, 2.05) is 0 Å². The molecular formula is C10H11ClF3NO2. The quantitative estimate of drug-likeness (QED) is 0.883. The van der Waals surface area contributed by atoms with Gasteiger partial charge in [-0.15, -0.1) is 0 Å². The van der Waals surface area contributed by atoms with Crippen molar-refractivity contribution in [3.05, 3.63) is 22.7 Å². The van der Waals surface area contributed by atoms with Crippen LogP contribution in [0.15, 0.2) is 12.1 Å². The third-order valence-electron chi connectivity index (χ3n) is 2.02. The van der Waals surface area contributed by atoms with Crippen LogP contribution in [0, 0.1) is 0 Å². The van der Waals surface area contributed by atoms with Gasteiger partial charge < -0.3 is 15.2 Å². The molecule has 0 radical (unpaired) electrons. The minimum Gasteiger partial charge on any atom is -0.496 e. The van der Waals surface area contributed by atoms with E-state index in [1.54, 1.807) is 0 Å². The summed E-state index contributed by atoms with van der Waals surface area (Å²) in [5, 5.41) is 11.2. The zero-order valence-corrected chi connectivity index (χ0v) is 9.69. The molecule has 1 aromatic carbocycles. The summed E-state index contributed by atoms with van der Waals surface area (Å²) in [7, 11) is 1.36. The fourth-order valence-corrected chi connectivity index (χ4v) is 1.49. The Hall–Kier alpha value is -1.14. The molecule has 7 heteroatoms. The molecule has 96 valence electrons. The van der Waals surface area contributed by atoms with E-state index in [9.17, 15) is 13.2 Å². The van der Waals surface area contributed by atoms with Gasteiger partial charge in [0.05, 0.1) is 24.4 Å². The maximum atomic E-state index is 12.0. The second kappa shape index (κ2) is 5.46. The van der Waals surface area contributed by atoms with Gasteiger partial charge in [-0.25, -0.2) is 0 Å². The average molecular weight is 270 g/mol. The van der Waals surface area contributed by atoms with Gasteiger partial charge in [0.1, 0.15) is 12.3 Å². The lowest BCUT2D eigenvalue weighted by molar-refractivity contribution is -0.115. The van der Waals surface area contributed by atoms with E-state index in [-0.39, 0.29) is 23.1 Å². The van der Waals surface area contributed by atoms with Gasteiger partial charge in [-0.05, 0) is 6.07 Å². The topological polar surface area (TPSA) is 41.5 Å². The molecule has 0 unspecified atom stereocenters. The van der Waals surface area contributed by atoms with E-state index < -0.39 is 12.7 Å². The highest BCUT2D eigenvalue weighted by Gasteiger charge is 2.27. The van der Waals surface area contributed by atoms with Crippen LogP contribution < -0.4 is 10.1 Å². The van der Waals surface area contributed by atoms with Crippen molar-refractivity contribution >= 4 is 17.3 Å². The van der Waals surface area contributed by atoms with E-state index in [0.717, 1.165) is 0 Å². The Balaban J connectivity index is 2.93. The van der Waals surface area contributed by atoms with Crippen LogP contribution in [-0.2, 0) is 6.61 Å². The van der Waals surface area contributed by atoms with Crippen molar-refractivity contribution in [1.29, 1.82) is 0 Å². The first-order chi connectivity index (χ1) is 7.87. The number of aliphatic hydroxyl groups excluding tert-OH is 1. The molecular weight excluding hydrogens is 259 g/mol. The maximum Gasteiger partial charge on any atom is 0.405 e. The van der Waals surface area contributed by atoms with Crippen LogP contribution in [-0.4, -0.2) is 24.9 Å². The summed E-state index contributed by atoms with van der Waals surface area (Å²) in [4.78, 5) is 0. The molecule has 0 aromatic heterocycles. The molecule has 1 rings (SSSR count). The molecule has 0 aliphatic carbocycles. The zero-order valence-electron chi connectivity index (χ0n) is 8.94. The van der Waals surface area contributed by atoms with E-state index in [4.69, 9.17) is 21.4 Å². The number of hydrogen-bond acceptors (Lipinski definition) is 3. The number of ether oxygens (including phenoxy) is 1. The van der Waals surface area contributed by atoms with Gasteiger partial charge >= 0.3 is 6.18 Å². The van der Waals surface area contributed by atoms with Crippen molar-refractivity contribution in [3.63, 3.8) is 0 Å². The molecule has 0 saturated heterocycles. The van der Waals surface area contributed by atoms with Gasteiger partial charge in [0.2, 0.25) is 0 Å². The minimum absolute atomic E-state index is 0.0964. The Bertz CT molecular complexity index is 396.